The van der Waals surface area contributed by atoms with Gasteiger partial charge in [-0.3, -0.25) is 9.69 Å². The molecule has 6 heteroatoms. The van der Waals surface area contributed by atoms with E-state index >= 15 is 0 Å². The van der Waals surface area contributed by atoms with Gasteiger partial charge < -0.3 is 5.11 Å². The van der Waals surface area contributed by atoms with Crippen molar-refractivity contribution in [1.29, 1.82) is 0 Å². The predicted octanol–water partition coefficient (Wildman–Crippen LogP) is 1.49. The average Bonchev–Trinajstić information content (AvgIpc) is 2.66. The van der Waals surface area contributed by atoms with Gasteiger partial charge in [0.25, 0.3) is 0 Å². The average molecular weight is 258 g/mol. The van der Waals surface area contributed by atoms with Crippen molar-refractivity contribution in [3.05, 3.63) is 16.1 Å². The van der Waals surface area contributed by atoms with Gasteiger partial charge >= 0.3 is 5.97 Å². The molecule has 0 radical (unpaired) electrons. The van der Waals surface area contributed by atoms with E-state index in [2.05, 4.69) is 16.9 Å². The first-order valence-electron chi connectivity index (χ1n) is 5.11. The third-order valence-corrected chi connectivity index (χ3v) is 4.60. The Labute approximate surface area is 103 Å². The van der Waals surface area contributed by atoms with E-state index in [4.69, 9.17) is 5.11 Å². The van der Waals surface area contributed by atoms with E-state index < -0.39 is 5.97 Å². The molecule has 88 valence electrons. The third kappa shape index (κ3) is 2.75. The van der Waals surface area contributed by atoms with E-state index in [0.29, 0.717) is 11.7 Å². The monoisotopic (exact) mass is 258 g/mol. The molecule has 16 heavy (non-hydrogen) atoms. The molecule has 2 rings (SSSR count). The summed E-state index contributed by atoms with van der Waals surface area (Å²) in [6, 6.07) is 0.353. The van der Waals surface area contributed by atoms with E-state index in [1.165, 1.54) is 5.75 Å². The Balaban J connectivity index is 2.08. The molecule has 0 saturated carbocycles. The molecular formula is C10H14N2O2S2. The van der Waals surface area contributed by atoms with E-state index in [0.717, 1.165) is 17.3 Å². The highest BCUT2D eigenvalue weighted by Crippen LogP contribution is 2.30. The number of aromatic nitrogens is 1. The van der Waals surface area contributed by atoms with Gasteiger partial charge in [-0.1, -0.05) is 0 Å². The summed E-state index contributed by atoms with van der Waals surface area (Å²) in [4.78, 5) is 17.3. The summed E-state index contributed by atoms with van der Waals surface area (Å²) in [6.07, 6.45) is 0.0279. The van der Waals surface area contributed by atoms with Gasteiger partial charge in [0.1, 0.15) is 5.01 Å². The van der Waals surface area contributed by atoms with Gasteiger partial charge in [0.05, 0.1) is 18.2 Å². The minimum Gasteiger partial charge on any atom is -0.481 e. The fourth-order valence-electron chi connectivity index (χ4n) is 1.66. The van der Waals surface area contributed by atoms with Crippen molar-refractivity contribution >= 4 is 29.1 Å². The first-order valence-corrected chi connectivity index (χ1v) is 7.14. The fourth-order valence-corrected chi connectivity index (χ4v) is 3.97. The maximum absolute atomic E-state index is 10.6. The van der Waals surface area contributed by atoms with Gasteiger partial charge in [0.2, 0.25) is 0 Å². The quantitative estimate of drug-likeness (QED) is 0.890. The van der Waals surface area contributed by atoms with E-state index in [1.54, 1.807) is 11.3 Å². The Kier molecular flexibility index (Phi) is 3.83. The predicted molar refractivity (Wildman–Crippen MR) is 66.1 cm³/mol. The van der Waals surface area contributed by atoms with E-state index in [9.17, 15) is 4.79 Å². The Hall–Kier alpha value is -0.590. The van der Waals surface area contributed by atoms with Crippen molar-refractivity contribution in [2.45, 2.75) is 12.5 Å². The third-order valence-electron chi connectivity index (χ3n) is 2.58. The lowest BCUT2D eigenvalue weighted by molar-refractivity contribution is -0.136. The fraction of sp³-hybridized carbons (Fsp3) is 0.600. The number of nitrogens with zero attached hydrogens (tertiary/aromatic N) is 2. The summed E-state index contributed by atoms with van der Waals surface area (Å²) in [5.41, 5.74) is 0.677. The lowest BCUT2D eigenvalue weighted by Crippen LogP contribution is -2.32. The Morgan fingerprint density at radius 2 is 2.56 bits per heavy atom. The number of thioether (sulfide) groups is 1. The zero-order valence-corrected chi connectivity index (χ0v) is 10.7. The molecule has 0 bridgehead atoms. The van der Waals surface area contributed by atoms with Crippen molar-refractivity contribution in [3.8, 4) is 0 Å². The van der Waals surface area contributed by atoms with Crippen molar-refractivity contribution in [1.82, 2.24) is 9.88 Å². The summed E-state index contributed by atoms with van der Waals surface area (Å²) in [5.74, 6) is 1.40. The number of carbonyl (C=O) groups is 1. The topological polar surface area (TPSA) is 53.4 Å². The molecule has 1 aromatic heterocycles. The van der Waals surface area contributed by atoms with Crippen molar-refractivity contribution in [2.24, 2.45) is 0 Å². The van der Waals surface area contributed by atoms with Gasteiger partial charge in [-0.2, -0.15) is 11.8 Å². The van der Waals surface area contributed by atoms with E-state index in [-0.39, 0.29) is 6.42 Å². The van der Waals surface area contributed by atoms with Gasteiger partial charge in [0.15, 0.2) is 0 Å². The van der Waals surface area contributed by atoms with Crippen LogP contribution >= 0.6 is 23.1 Å². The second kappa shape index (κ2) is 5.16. The van der Waals surface area contributed by atoms with Crippen molar-refractivity contribution < 1.29 is 9.90 Å². The van der Waals surface area contributed by atoms with Gasteiger partial charge in [0, 0.05) is 23.4 Å². The number of aliphatic carboxylic acids is 1. The van der Waals surface area contributed by atoms with Crippen LogP contribution in [0.15, 0.2) is 5.38 Å². The van der Waals surface area contributed by atoms with Crippen LogP contribution in [0.4, 0.5) is 0 Å². The van der Waals surface area contributed by atoms with Crippen LogP contribution in [0.5, 0.6) is 0 Å². The van der Waals surface area contributed by atoms with Crippen LogP contribution < -0.4 is 0 Å². The zero-order chi connectivity index (χ0) is 11.5. The molecule has 4 nitrogen and oxygen atoms in total. The molecule has 0 aliphatic carbocycles. The molecular weight excluding hydrogens is 244 g/mol. The normalized spacial score (nSPS) is 22.2. The molecule has 1 aliphatic heterocycles. The highest BCUT2D eigenvalue weighted by atomic mass is 32.2. The SMILES string of the molecule is CN1CCSCC1c1nc(CC(=O)O)cs1. The summed E-state index contributed by atoms with van der Waals surface area (Å²) in [5, 5.41) is 11.6. The molecule has 0 aromatic carbocycles. The van der Waals surface area contributed by atoms with Gasteiger partial charge in [-0.25, -0.2) is 4.98 Å². The molecule has 0 amide bonds. The second-order valence-corrected chi connectivity index (χ2v) is 5.86. The van der Waals surface area contributed by atoms with Crippen LogP contribution in [-0.2, 0) is 11.2 Å². The lowest BCUT2D eigenvalue weighted by atomic mass is 10.3. The van der Waals surface area contributed by atoms with Crippen LogP contribution in [0.25, 0.3) is 0 Å². The molecule has 1 N–H and O–H groups in total. The maximum atomic E-state index is 10.6. The number of carboxylic acids is 1. The highest BCUT2D eigenvalue weighted by molar-refractivity contribution is 7.99. The smallest absolute Gasteiger partial charge is 0.309 e. The number of thiazole rings is 1. The number of hydrogen-bond acceptors (Lipinski definition) is 5. The molecule has 0 spiro atoms. The minimum atomic E-state index is -0.816. The van der Waals surface area contributed by atoms with Crippen LogP contribution in [0.3, 0.4) is 0 Å². The Morgan fingerprint density at radius 1 is 1.75 bits per heavy atom. The largest absolute Gasteiger partial charge is 0.481 e. The first kappa shape index (κ1) is 11.9. The molecule has 1 unspecified atom stereocenters. The summed E-state index contributed by atoms with van der Waals surface area (Å²) < 4.78 is 0. The van der Waals surface area contributed by atoms with Crippen LogP contribution in [0.2, 0.25) is 0 Å². The highest BCUT2D eigenvalue weighted by Gasteiger charge is 2.23. The van der Waals surface area contributed by atoms with Crippen molar-refractivity contribution in [3.63, 3.8) is 0 Å². The van der Waals surface area contributed by atoms with E-state index in [1.807, 2.05) is 17.1 Å². The van der Waals surface area contributed by atoms with Crippen LogP contribution in [0.1, 0.15) is 16.7 Å². The molecule has 1 aromatic rings. The number of carboxylic acid groups (broad SMARTS) is 1. The Morgan fingerprint density at radius 3 is 3.25 bits per heavy atom. The van der Waals surface area contributed by atoms with Crippen LogP contribution in [-0.4, -0.2) is 46.1 Å². The van der Waals surface area contributed by atoms with Crippen LogP contribution in [0, 0.1) is 0 Å². The summed E-state index contributed by atoms with van der Waals surface area (Å²) in [7, 11) is 2.10. The van der Waals surface area contributed by atoms with Gasteiger partial charge in [-0.15, -0.1) is 11.3 Å². The van der Waals surface area contributed by atoms with Crippen molar-refractivity contribution in [2.75, 3.05) is 25.1 Å². The molecule has 1 aliphatic rings. The zero-order valence-electron chi connectivity index (χ0n) is 9.05. The summed E-state index contributed by atoms with van der Waals surface area (Å²) >= 11 is 3.51. The second-order valence-electron chi connectivity index (χ2n) is 3.82. The minimum absolute atomic E-state index is 0.0279. The lowest BCUT2D eigenvalue weighted by Gasteiger charge is -2.30. The standard InChI is InChI=1S/C10H14N2O2S2/c1-12-2-3-15-6-8(12)10-11-7(5-16-10)4-9(13)14/h5,8H,2-4,6H2,1H3,(H,13,14). The molecule has 1 fully saturated rings. The summed E-state index contributed by atoms with van der Waals surface area (Å²) in [6.45, 7) is 1.07. The number of hydrogen-bond donors (Lipinski definition) is 1. The molecule has 1 saturated heterocycles. The molecule has 1 atom stereocenters. The first-order chi connectivity index (χ1) is 7.66. The number of rotatable bonds is 3. The Bertz CT molecular complexity index is 381. The molecule has 2 heterocycles. The maximum Gasteiger partial charge on any atom is 0.309 e. The van der Waals surface area contributed by atoms with Gasteiger partial charge in [-0.05, 0) is 7.05 Å².